The first-order valence-corrected chi connectivity index (χ1v) is 14.4. The number of carbonyl (C=O) groups excluding carboxylic acids is 3. The normalized spacial score (nSPS) is 13.1. The number of benzene rings is 1. The molecule has 2 atom stereocenters. The van der Waals surface area contributed by atoms with Crippen LogP contribution in [0.15, 0.2) is 18.2 Å². The Morgan fingerprint density at radius 3 is 2.03 bits per heavy atom. The SMILES string of the molecule is CCCCCNC(=O)C(c1cc(C)cc(C)c1)N(CCCCC)C(=O)C(CC(C)C)NC(=O)OC(C)(C)C. The number of aryl methyl sites for hydroxylation is 2. The highest BCUT2D eigenvalue weighted by atomic mass is 16.6. The fraction of sp³-hybridized carbons (Fsp3) is 0.710. The largest absolute Gasteiger partial charge is 0.444 e. The summed E-state index contributed by atoms with van der Waals surface area (Å²) in [6.07, 6.45) is 5.50. The number of nitrogens with one attached hydrogen (secondary N) is 2. The highest BCUT2D eigenvalue weighted by Crippen LogP contribution is 2.26. The highest BCUT2D eigenvalue weighted by molar-refractivity contribution is 5.92. The second-order valence-corrected chi connectivity index (χ2v) is 11.9. The van der Waals surface area contributed by atoms with E-state index in [4.69, 9.17) is 4.74 Å². The smallest absolute Gasteiger partial charge is 0.408 e. The van der Waals surface area contributed by atoms with Crippen molar-refractivity contribution in [3.05, 3.63) is 34.9 Å². The third-order valence-electron chi connectivity index (χ3n) is 6.18. The third kappa shape index (κ3) is 12.3. The van der Waals surface area contributed by atoms with Crippen LogP contribution in [0, 0.1) is 19.8 Å². The van der Waals surface area contributed by atoms with Crippen LogP contribution in [0.5, 0.6) is 0 Å². The van der Waals surface area contributed by atoms with Gasteiger partial charge in [0.1, 0.15) is 17.7 Å². The zero-order valence-corrected chi connectivity index (χ0v) is 25.4. The average Bonchev–Trinajstić information content (AvgIpc) is 2.78. The minimum absolute atomic E-state index is 0.152. The van der Waals surface area contributed by atoms with E-state index in [1.165, 1.54) is 0 Å². The van der Waals surface area contributed by atoms with Gasteiger partial charge in [0.2, 0.25) is 11.8 Å². The Bertz CT molecular complexity index is 871. The molecule has 3 amide bonds. The van der Waals surface area contributed by atoms with Gasteiger partial charge in [-0.1, -0.05) is 82.7 Å². The van der Waals surface area contributed by atoms with Gasteiger partial charge in [-0.15, -0.1) is 0 Å². The molecule has 2 N–H and O–H groups in total. The topological polar surface area (TPSA) is 87.7 Å². The molecular formula is C31H53N3O4. The Labute approximate surface area is 231 Å². The second kappa shape index (κ2) is 16.4. The predicted molar refractivity (Wildman–Crippen MR) is 155 cm³/mol. The first-order chi connectivity index (χ1) is 17.8. The van der Waals surface area contributed by atoms with Gasteiger partial charge < -0.3 is 20.3 Å². The van der Waals surface area contributed by atoms with Gasteiger partial charge in [0.05, 0.1) is 0 Å². The fourth-order valence-electron chi connectivity index (χ4n) is 4.57. The maximum Gasteiger partial charge on any atom is 0.408 e. The number of unbranched alkanes of at least 4 members (excludes halogenated alkanes) is 4. The molecule has 7 nitrogen and oxygen atoms in total. The van der Waals surface area contributed by atoms with Crippen molar-refractivity contribution < 1.29 is 19.1 Å². The lowest BCUT2D eigenvalue weighted by atomic mass is 9.96. The lowest BCUT2D eigenvalue weighted by molar-refractivity contribution is -0.143. The summed E-state index contributed by atoms with van der Waals surface area (Å²) in [5, 5.41) is 5.91. The molecule has 0 heterocycles. The molecule has 0 saturated carbocycles. The van der Waals surface area contributed by atoms with Gasteiger partial charge in [-0.2, -0.15) is 0 Å². The summed E-state index contributed by atoms with van der Waals surface area (Å²) >= 11 is 0. The Morgan fingerprint density at radius 1 is 0.921 bits per heavy atom. The molecule has 1 aromatic carbocycles. The summed E-state index contributed by atoms with van der Waals surface area (Å²) in [4.78, 5) is 42.4. The van der Waals surface area contributed by atoms with Crippen molar-refractivity contribution in [2.24, 2.45) is 5.92 Å². The first kappa shape index (κ1) is 33.5. The molecule has 0 bridgehead atoms. The van der Waals surface area contributed by atoms with E-state index in [-0.39, 0.29) is 17.7 Å². The molecule has 0 aliphatic heterocycles. The standard InChI is InChI=1S/C31H53N3O4/c1-10-12-14-16-32-28(35)27(25-20-23(5)19-24(6)21-25)34(17-15-13-11-2)29(36)26(18-22(3)4)33-30(37)38-31(7,8)9/h19-22,26-27H,10-18H2,1-9H3,(H,32,35)(H,33,37). The number of rotatable bonds is 15. The zero-order valence-electron chi connectivity index (χ0n) is 25.4. The van der Waals surface area contributed by atoms with Crippen LogP contribution in [-0.2, 0) is 14.3 Å². The molecule has 38 heavy (non-hydrogen) atoms. The number of ether oxygens (including phenoxy) is 1. The van der Waals surface area contributed by atoms with Crippen molar-refractivity contribution in [3.63, 3.8) is 0 Å². The molecule has 0 aromatic heterocycles. The van der Waals surface area contributed by atoms with Crippen LogP contribution in [0.1, 0.15) is 116 Å². The van der Waals surface area contributed by atoms with Crippen molar-refractivity contribution in [2.75, 3.05) is 13.1 Å². The zero-order chi connectivity index (χ0) is 28.9. The Hall–Kier alpha value is -2.57. The van der Waals surface area contributed by atoms with Gasteiger partial charge >= 0.3 is 6.09 Å². The van der Waals surface area contributed by atoms with Gasteiger partial charge in [0.15, 0.2) is 0 Å². The number of amides is 3. The molecule has 0 fully saturated rings. The van der Waals surface area contributed by atoms with Gasteiger partial charge in [0.25, 0.3) is 0 Å². The second-order valence-electron chi connectivity index (χ2n) is 11.9. The number of hydrogen-bond donors (Lipinski definition) is 2. The molecule has 0 saturated heterocycles. The van der Waals surface area contributed by atoms with Gasteiger partial charge in [-0.05, 0) is 65.4 Å². The first-order valence-electron chi connectivity index (χ1n) is 14.4. The molecule has 0 radical (unpaired) electrons. The van der Waals surface area contributed by atoms with Crippen LogP contribution in [0.2, 0.25) is 0 Å². The minimum Gasteiger partial charge on any atom is -0.444 e. The monoisotopic (exact) mass is 531 g/mol. The molecular weight excluding hydrogens is 478 g/mol. The van der Waals surface area contributed by atoms with Crippen LogP contribution in [0.4, 0.5) is 4.79 Å². The van der Waals surface area contributed by atoms with E-state index in [0.29, 0.717) is 19.5 Å². The number of carbonyl (C=O) groups is 3. The van der Waals surface area contributed by atoms with Crippen molar-refractivity contribution >= 4 is 17.9 Å². The van der Waals surface area contributed by atoms with Crippen molar-refractivity contribution in [2.45, 2.75) is 125 Å². The van der Waals surface area contributed by atoms with E-state index in [0.717, 1.165) is 55.2 Å². The highest BCUT2D eigenvalue weighted by Gasteiger charge is 2.36. The molecule has 2 unspecified atom stereocenters. The summed E-state index contributed by atoms with van der Waals surface area (Å²) in [6, 6.07) is 4.46. The minimum atomic E-state index is -0.798. The van der Waals surface area contributed by atoms with Crippen molar-refractivity contribution in [1.29, 1.82) is 0 Å². The lowest BCUT2D eigenvalue weighted by Crippen LogP contribution is -2.53. The van der Waals surface area contributed by atoms with E-state index < -0.39 is 23.8 Å². The van der Waals surface area contributed by atoms with Crippen LogP contribution in [0.3, 0.4) is 0 Å². The van der Waals surface area contributed by atoms with Gasteiger partial charge in [0, 0.05) is 13.1 Å². The fourth-order valence-corrected chi connectivity index (χ4v) is 4.57. The molecule has 216 valence electrons. The Balaban J connectivity index is 3.49. The van der Waals surface area contributed by atoms with Crippen LogP contribution >= 0.6 is 0 Å². The summed E-state index contributed by atoms with van der Waals surface area (Å²) in [6.45, 7) is 18.6. The molecule has 0 aliphatic carbocycles. The molecule has 0 aliphatic rings. The summed E-state index contributed by atoms with van der Waals surface area (Å²) in [5.74, 6) is -0.288. The summed E-state index contributed by atoms with van der Waals surface area (Å²) < 4.78 is 5.48. The quantitative estimate of drug-likeness (QED) is 0.249. The molecule has 1 rings (SSSR count). The average molecular weight is 532 g/mol. The Morgan fingerprint density at radius 2 is 1.50 bits per heavy atom. The number of nitrogens with zero attached hydrogens (tertiary/aromatic N) is 1. The van der Waals surface area contributed by atoms with Gasteiger partial charge in [-0.3, -0.25) is 9.59 Å². The van der Waals surface area contributed by atoms with Crippen molar-refractivity contribution in [1.82, 2.24) is 15.5 Å². The van der Waals surface area contributed by atoms with Crippen LogP contribution in [0.25, 0.3) is 0 Å². The third-order valence-corrected chi connectivity index (χ3v) is 6.18. The molecule has 7 heteroatoms. The van der Waals surface area contributed by atoms with E-state index in [1.54, 1.807) is 25.7 Å². The predicted octanol–water partition coefficient (Wildman–Crippen LogP) is 6.61. The maximum atomic E-state index is 14.2. The van der Waals surface area contributed by atoms with E-state index in [2.05, 4.69) is 30.5 Å². The Kier molecular flexibility index (Phi) is 14.4. The van der Waals surface area contributed by atoms with Crippen LogP contribution in [-0.4, -0.2) is 47.5 Å². The van der Waals surface area contributed by atoms with E-state index >= 15 is 0 Å². The van der Waals surface area contributed by atoms with Crippen LogP contribution < -0.4 is 10.6 Å². The number of hydrogen-bond acceptors (Lipinski definition) is 4. The van der Waals surface area contributed by atoms with E-state index in [9.17, 15) is 14.4 Å². The number of alkyl carbamates (subject to hydrolysis) is 1. The molecule has 0 spiro atoms. The molecule has 1 aromatic rings. The van der Waals surface area contributed by atoms with Gasteiger partial charge in [-0.25, -0.2) is 4.79 Å². The summed E-state index contributed by atoms with van der Waals surface area (Å²) in [7, 11) is 0. The maximum absolute atomic E-state index is 14.2. The van der Waals surface area contributed by atoms with Crippen molar-refractivity contribution in [3.8, 4) is 0 Å². The lowest BCUT2D eigenvalue weighted by Gasteiger charge is -2.35. The van der Waals surface area contributed by atoms with E-state index in [1.807, 2.05) is 39.8 Å². The summed E-state index contributed by atoms with van der Waals surface area (Å²) in [5.41, 5.74) is 2.18.